The van der Waals surface area contributed by atoms with Gasteiger partial charge < -0.3 is 10.1 Å². The van der Waals surface area contributed by atoms with Crippen molar-refractivity contribution in [1.82, 2.24) is 0 Å². The second-order valence-electron chi connectivity index (χ2n) is 12.9. The van der Waals surface area contributed by atoms with Crippen LogP contribution in [0.1, 0.15) is 71.8 Å². The van der Waals surface area contributed by atoms with E-state index in [1.165, 1.54) is 25.5 Å². The van der Waals surface area contributed by atoms with E-state index in [0.29, 0.717) is 12.3 Å². The van der Waals surface area contributed by atoms with E-state index in [4.69, 9.17) is 4.74 Å². The Kier molecular flexibility index (Phi) is 4.94. The van der Waals surface area contributed by atoms with Crippen molar-refractivity contribution in [2.45, 2.75) is 66.2 Å². The highest BCUT2D eigenvalue weighted by molar-refractivity contribution is 6.06. The molecule has 6 rings (SSSR count). The van der Waals surface area contributed by atoms with E-state index in [2.05, 4.69) is 62.5 Å². The molecule has 4 heteroatoms. The first-order valence-electron chi connectivity index (χ1n) is 13.3. The number of allylic oxidation sites excluding steroid dienone is 3. The van der Waals surface area contributed by atoms with Gasteiger partial charge in [-0.25, -0.2) is 0 Å². The highest BCUT2D eigenvalue weighted by Gasteiger charge is 2.59. The minimum Gasteiger partial charge on any atom is -0.468 e. The number of hydrogen-bond donors (Lipinski definition) is 1. The lowest BCUT2D eigenvalue weighted by molar-refractivity contribution is -0.148. The van der Waals surface area contributed by atoms with Gasteiger partial charge in [0.25, 0.3) is 0 Å². The van der Waals surface area contributed by atoms with E-state index < -0.39 is 11.3 Å². The number of rotatable bonds is 2. The molecule has 2 fully saturated rings. The van der Waals surface area contributed by atoms with Gasteiger partial charge in [0.15, 0.2) is 5.78 Å². The maximum Gasteiger partial charge on any atom is 0.315 e. The van der Waals surface area contributed by atoms with Crippen molar-refractivity contribution in [3.8, 4) is 0 Å². The number of hydrogen-bond acceptors (Lipinski definition) is 4. The van der Waals surface area contributed by atoms with Gasteiger partial charge in [-0.2, -0.15) is 0 Å². The molecular weight excluding hydrogens is 446 g/mol. The zero-order valence-corrected chi connectivity index (χ0v) is 22.3. The SMILES string of the molecule is COC(=O)[C@H]1C2=C(C(=O)CC1(C)C)[C@@H](C=C1C[C@@H]3CC[C@@]1(C)C3(C)C)c1ccc3ccccc3c1N2. The fourth-order valence-electron chi connectivity index (χ4n) is 7.97. The van der Waals surface area contributed by atoms with E-state index in [9.17, 15) is 9.59 Å². The summed E-state index contributed by atoms with van der Waals surface area (Å²) in [5.41, 5.74) is 4.97. The van der Waals surface area contributed by atoms with Crippen molar-refractivity contribution in [1.29, 1.82) is 0 Å². The van der Waals surface area contributed by atoms with Crippen LogP contribution in [0.3, 0.4) is 0 Å². The molecule has 1 heterocycles. The van der Waals surface area contributed by atoms with Crippen LogP contribution in [0, 0.1) is 28.1 Å². The van der Waals surface area contributed by atoms with Crippen LogP contribution in [-0.2, 0) is 14.3 Å². The summed E-state index contributed by atoms with van der Waals surface area (Å²) in [4.78, 5) is 27.0. The Balaban J connectivity index is 1.61. The number of fused-ring (bicyclic) bond motifs is 5. The van der Waals surface area contributed by atoms with Crippen molar-refractivity contribution in [3.05, 3.63) is 64.9 Å². The van der Waals surface area contributed by atoms with Gasteiger partial charge in [0.2, 0.25) is 0 Å². The van der Waals surface area contributed by atoms with Gasteiger partial charge in [-0.1, -0.05) is 82.7 Å². The van der Waals surface area contributed by atoms with Crippen LogP contribution in [0.4, 0.5) is 5.69 Å². The third-order valence-electron chi connectivity index (χ3n) is 10.6. The largest absolute Gasteiger partial charge is 0.468 e. The molecule has 1 aliphatic heterocycles. The highest BCUT2D eigenvalue weighted by atomic mass is 16.5. The molecule has 188 valence electrons. The summed E-state index contributed by atoms with van der Waals surface area (Å²) in [5, 5.41) is 5.89. The van der Waals surface area contributed by atoms with E-state index in [0.717, 1.165) is 39.7 Å². The van der Waals surface area contributed by atoms with Crippen LogP contribution in [0.15, 0.2) is 59.3 Å². The van der Waals surface area contributed by atoms with E-state index in [1.807, 2.05) is 19.9 Å². The lowest BCUT2D eigenvalue weighted by atomic mass is 9.63. The minimum atomic E-state index is -0.532. The summed E-state index contributed by atoms with van der Waals surface area (Å²) in [6.07, 6.45) is 6.32. The van der Waals surface area contributed by atoms with Gasteiger partial charge in [0.1, 0.15) is 5.92 Å². The molecule has 4 atom stereocenters. The third kappa shape index (κ3) is 2.99. The Morgan fingerprint density at radius 2 is 1.83 bits per heavy atom. The number of ketones is 1. The summed E-state index contributed by atoms with van der Waals surface area (Å²) in [6, 6.07) is 12.7. The van der Waals surface area contributed by atoms with Crippen molar-refractivity contribution < 1.29 is 14.3 Å². The summed E-state index contributed by atoms with van der Waals surface area (Å²) in [5.74, 6) is -0.149. The fraction of sp³-hybridized carbons (Fsp3) is 0.500. The molecule has 0 amide bonds. The van der Waals surface area contributed by atoms with E-state index in [1.54, 1.807) is 0 Å². The highest BCUT2D eigenvalue weighted by Crippen LogP contribution is 2.68. The molecule has 4 aliphatic rings. The number of carbonyl (C=O) groups excluding carboxylic acids is 2. The maximum absolute atomic E-state index is 13.8. The molecule has 2 bridgehead atoms. The monoisotopic (exact) mass is 483 g/mol. The molecule has 2 aromatic rings. The Bertz CT molecular complexity index is 1380. The Morgan fingerprint density at radius 3 is 2.50 bits per heavy atom. The maximum atomic E-state index is 13.8. The zero-order chi connectivity index (χ0) is 25.6. The van der Waals surface area contributed by atoms with Crippen LogP contribution in [0.25, 0.3) is 10.8 Å². The predicted octanol–water partition coefficient (Wildman–Crippen LogP) is 7.16. The second kappa shape index (κ2) is 7.57. The molecule has 2 saturated carbocycles. The van der Waals surface area contributed by atoms with Crippen molar-refractivity contribution >= 4 is 28.2 Å². The quantitative estimate of drug-likeness (QED) is 0.364. The molecule has 0 saturated heterocycles. The molecule has 0 spiro atoms. The van der Waals surface area contributed by atoms with Crippen LogP contribution >= 0.6 is 0 Å². The molecule has 36 heavy (non-hydrogen) atoms. The Morgan fingerprint density at radius 1 is 1.08 bits per heavy atom. The molecule has 0 unspecified atom stereocenters. The molecule has 2 aromatic carbocycles. The summed E-state index contributed by atoms with van der Waals surface area (Å²) < 4.78 is 5.30. The number of benzene rings is 2. The van der Waals surface area contributed by atoms with Gasteiger partial charge in [0.05, 0.1) is 12.8 Å². The average molecular weight is 484 g/mol. The Hall–Kier alpha value is -2.88. The summed E-state index contributed by atoms with van der Waals surface area (Å²) in [7, 11) is 1.44. The van der Waals surface area contributed by atoms with Crippen molar-refractivity contribution in [3.63, 3.8) is 0 Å². The van der Waals surface area contributed by atoms with Gasteiger partial charge in [-0.05, 0) is 52.4 Å². The van der Waals surface area contributed by atoms with Gasteiger partial charge >= 0.3 is 5.97 Å². The number of ether oxygens (including phenoxy) is 1. The van der Waals surface area contributed by atoms with E-state index >= 15 is 0 Å². The van der Waals surface area contributed by atoms with Gasteiger partial charge in [0, 0.05) is 29.0 Å². The molecule has 1 N–H and O–H groups in total. The standard InChI is InChI=1S/C32H37NO3/c1-30(2)17-24(34)25-23(16-20-15-19-13-14-32(20,5)31(19,3)4)22-12-11-18-9-7-8-10-21(18)27(22)33-28(25)26(30)29(35)36-6/h7-12,16,19,23,26,33H,13-15,17H2,1-6H3/t19-,23-,26+,32+/m0/s1. The smallest absolute Gasteiger partial charge is 0.315 e. The lowest BCUT2D eigenvalue weighted by Crippen LogP contribution is -2.44. The normalized spacial score (nSPS) is 32.9. The van der Waals surface area contributed by atoms with E-state index in [-0.39, 0.29) is 28.5 Å². The molecule has 4 nitrogen and oxygen atoms in total. The van der Waals surface area contributed by atoms with Crippen LogP contribution in [0.2, 0.25) is 0 Å². The molecule has 0 radical (unpaired) electrons. The van der Waals surface area contributed by atoms with Crippen LogP contribution < -0.4 is 5.32 Å². The molecule has 0 aromatic heterocycles. The number of Topliss-reactive ketones (excluding diaryl/α,β-unsaturated/α-hetero) is 1. The van der Waals surface area contributed by atoms with Crippen molar-refractivity contribution in [2.24, 2.45) is 28.1 Å². The first-order valence-corrected chi connectivity index (χ1v) is 13.3. The zero-order valence-electron chi connectivity index (χ0n) is 22.3. The third-order valence-corrected chi connectivity index (χ3v) is 10.6. The first kappa shape index (κ1) is 23.5. The minimum absolute atomic E-state index is 0.135. The first-order chi connectivity index (χ1) is 17.0. The van der Waals surface area contributed by atoms with Gasteiger partial charge in [-0.3, -0.25) is 9.59 Å². The lowest BCUT2D eigenvalue weighted by Gasteiger charge is -2.44. The van der Waals surface area contributed by atoms with Crippen LogP contribution in [0.5, 0.6) is 0 Å². The summed E-state index contributed by atoms with van der Waals surface area (Å²) >= 11 is 0. The molecule has 3 aliphatic carbocycles. The number of nitrogens with one attached hydrogen (secondary N) is 1. The predicted molar refractivity (Wildman–Crippen MR) is 144 cm³/mol. The van der Waals surface area contributed by atoms with Crippen molar-refractivity contribution in [2.75, 3.05) is 12.4 Å². The van der Waals surface area contributed by atoms with Crippen LogP contribution in [-0.4, -0.2) is 18.9 Å². The Labute approximate surface area is 214 Å². The number of anilines is 1. The summed E-state index contributed by atoms with van der Waals surface area (Å²) in [6.45, 7) is 11.3. The number of carbonyl (C=O) groups is 2. The number of esters is 1. The average Bonchev–Trinajstić information content (AvgIpc) is 3.16. The second-order valence-corrected chi connectivity index (χ2v) is 12.9. The number of methoxy groups -OCH3 is 1. The fourth-order valence-corrected chi connectivity index (χ4v) is 7.97. The molecular formula is C32H37NO3. The van der Waals surface area contributed by atoms with Gasteiger partial charge in [-0.15, -0.1) is 0 Å². The topological polar surface area (TPSA) is 55.4 Å².